The van der Waals surface area contributed by atoms with Crippen LogP contribution in [0.2, 0.25) is 0 Å². The summed E-state index contributed by atoms with van der Waals surface area (Å²) in [6.07, 6.45) is 3.82. The molecule has 136 valence electrons. The summed E-state index contributed by atoms with van der Waals surface area (Å²) in [6.45, 7) is 0.586. The molecule has 3 rings (SSSR count). The average Bonchev–Trinajstić information content (AvgIpc) is 2.66. The van der Waals surface area contributed by atoms with Crippen LogP contribution in [0.15, 0.2) is 47.6 Å². The molecule has 1 aliphatic heterocycles. The summed E-state index contributed by atoms with van der Waals surface area (Å²) in [4.78, 5) is 28.4. The van der Waals surface area contributed by atoms with Crippen molar-refractivity contribution in [2.24, 2.45) is 0 Å². The van der Waals surface area contributed by atoms with Gasteiger partial charge in [-0.25, -0.2) is 9.18 Å². The summed E-state index contributed by atoms with van der Waals surface area (Å²) in [5.41, 5.74) is 1.27. The van der Waals surface area contributed by atoms with Gasteiger partial charge in [0.15, 0.2) is 0 Å². The van der Waals surface area contributed by atoms with Crippen LogP contribution in [0.3, 0.4) is 0 Å². The number of rotatable bonds is 5. The Labute approximate surface area is 155 Å². The Bertz CT molecular complexity index is 788. The average molecular weight is 374 g/mol. The van der Waals surface area contributed by atoms with Gasteiger partial charge in [0.05, 0.1) is 11.6 Å². The fourth-order valence-electron chi connectivity index (χ4n) is 2.70. The first-order valence-electron chi connectivity index (χ1n) is 8.29. The molecule has 3 amide bonds. The normalized spacial score (nSPS) is 15.7. The largest absolute Gasteiger partial charge is 0.350 e. The van der Waals surface area contributed by atoms with Gasteiger partial charge in [-0.05, 0) is 30.2 Å². The lowest BCUT2D eigenvalue weighted by Gasteiger charge is -2.26. The second kappa shape index (κ2) is 8.66. The van der Waals surface area contributed by atoms with Crippen LogP contribution in [0.5, 0.6) is 0 Å². The molecule has 6 nitrogen and oxygen atoms in total. The topological polar surface area (TPSA) is 83.1 Å². The Morgan fingerprint density at radius 1 is 1.19 bits per heavy atom. The monoisotopic (exact) mass is 374 g/mol. The molecular formula is C18H19FN4O2S. The first-order valence-corrected chi connectivity index (χ1v) is 9.27. The summed E-state index contributed by atoms with van der Waals surface area (Å²) in [7, 11) is 0. The molecule has 3 N–H and O–H groups in total. The highest BCUT2D eigenvalue weighted by Gasteiger charge is 2.24. The number of carbonyl (C=O) groups excluding carboxylic acids is 2. The summed E-state index contributed by atoms with van der Waals surface area (Å²) in [5.74, 6) is 0.256. The number of carbonyl (C=O) groups is 2. The second-order valence-electron chi connectivity index (χ2n) is 5.75. The molecule has 1 atom stereocenters. The molecule has 2 heterocycles. The number of nitrogens with zero attached hydrogens (tertiary/aromatic N) is 1. The van der Waals surface area contributed by atoms with Crippen molar-refractivity contribution >= 4 is 23.7 Å². The first-order chi connectivity index (χ1) is 12.6. The van der Waals surface area contributed by atoms with E-state index in [9.17, 15) is 14.0 Å². The highest BCUT2D eigenvalue weighted by molar-refractivity contribution is 7.99. The Hall–Kier alpha value is -2.61. The van der Waals surface area contributed by atoms with Gasteiger partial charge < -0.3 is 16.0 Å². The molecule has 1 aliphatic rings. The predicted molar refractivity (Wildman–Crippen MR) is 97.6 cm³/mol. The fraction of sp³-hybridized carbons (Fsp3) is 0.278. The van der Waals surface area contributed by atoms with Crippen molar-refractivity contribution in [2.45, 2.75) is 17.4 Å². The van der Waals surface area contributed by atoms with Crippen LogP contribution in [0.25, 0.3) is 0 Å². The maximum Gasteiger partial charge on any atom is 0.315 e. The van der Waals surface area contributed by atoms with Gasteiger partial charge in [-0.1, -0.05) is 12.1 Å². The van der Waals surface area contributed by atoms with Crippen LogP contribution in [0.1, 0.15) is 28.4 Å². The zero-order valence-electron chi connectivity index (χ0n) is 14.0. The van der Waals surface area contributed by atoms with Crippen molar-refractivity contribution in [3.8, 4) is 0 Å². The molecule has 8 heteroatoms. The number of benzene rings is 1. The Morgan fingerprint density at radius 2 is 2.04 bits per heavy atom. The zero-order valence-corrected chi connectivity index (χ0v) is 14.8. The summed E-state index contributed by atoms with van der Waals surface area (Å²) < 4.78 is 13.9. The van der Waals surface area contributed by atoms with Gasteiger partial charge in [0.1, 0.15) is 5.82 Å². The molecule has 0 saturated heterocycles. The molecule has 0 radical (unpaired) electrons. The highest BCUT2D eigenvalue weighted by atomic mass is 32.2. The number of hydrogen-bond donors (Lipinski definition) is 3. The standard InChI is InChI=1S/C18H19FN4O2S/c19-14-5-1-4-13-15(6-10-26-16(13)14)23-18(25)22-9-8-21-17(24)12-3-2-7-20-11-12/h1-5,7,11,15H,6,8-10H2,(H,21,24)(H2,22,23,25). The van der Waals surface area contributed by atoms with Crippen LogP contribution in [0, 0.1) is 5.82 Å². The van der Waals surface area contributed by atoms with Gasteiger partial charge in [-0.15, -0.1) is 11.8 Å². The van der Waals surface area contributed by atoms with E-state index < -0.39 is 0 Å². The van der Waals surface area contributed by atoms with Crippen LogP contribution in [-0.4, -0.2) is 35.8 Å². The number of pyridine rings is 1. The summed E-state index contributed by atoms with van der Waals surface area (Å²) >= 11 is 1.47. The van der Waals surface area contributed by atoms with Crippen molar-refractivity contribution < 1.29 is 14.0 Å². The van der Waals surface area contributed by atoms with E-state index in [1.54, 1.807) is 24.4 Å². The number of urea groups is 1. The van der Waals surface area contributed by atoms with Crippen molar-refractivity contribution in [1.29, 1.82) is 0 Å². The van der Waals surface area contributed by atoms with Gasteiger partial charge in [0, 0.05) is 36.1 Å². The molecule has 2 aromatic rings. The number of thioether (sulfide) groups is 1. The second-order valence-corrected chi connectivity index (χ2v) is 6.85. The van der Waals surface area contributed by atoms with Crippen LogP contribution in [0.4, 0.5) is 9.18 Å². The Balaban J connectivity index is 1.44. The van der Waals surface area contributed by atoms with Gasteiger partial charge in [-0.2, -0.15) is 0 Å². The minimum atomic E-state index is -0.340. The van der Waals surface area contributed by atoms with E-state index in [1.165, 1.54) is 24.0 Å². The lowest BCUT2D eigenvalue weighted by Crippen LogP contribution is -2.42. The summed E-state index contributed by atoms with van der Waals surface area (Å²) in [6, 6.07) is 7.72. The van der Waals surface area contributed by atoms with Gasteiger partial charge in [-0.3, -0.25) is 9.78 Å². The van der Waals surface area contributed by atoms with E-state index in [2.05, 4.69) is 20.9 Å². The fourth-order valence-corrected chi connectivity index (χ4v) is 3.84. The molecule has 0 aliphatic carbocycles. The number of fused-ring (bicyclic) bond motifs is 1. The molecule has 1 aromatic carbocycles. The van der Waals surface area contributed by atoms with Crippen molar-refractivity contribution in [2.75, 3.05) is 18.8 Å². The number of aromatic nitrogens is 1. The SMILES string of the molecule is O=C(NCCNC(=O)c1cccnc1)NC1CCSc2c(F)cccc21. The van der Waals surface area contributed by atoms with Crippen molar-refractivity contribution in [3.63, 3.8) is 0 Å². The lowest BCUT2D eigenvalue weighted by atomic mass is 10.0. The Morgan fingerprint density at radius 3 is 2.85 bits per heavy atom. The smallest absolute Gasteiger partial charge is 0.315 e. The predicted octanol–water partition coefficient (Wildman–Crippen LogP) is 2.49. The molecule has 1 aromatic heterocycles. The number of hydrogen-bond acceptors (Lipinski definition) is 4. The van der Waals surface area contributed by atoms with Gasteiger partial charge >= 0.3 is 6.03 Å². The van der Waals surface area contributed by atoms with Gasteiger partial charge in [0.25, 0.3) is 5.91 Å². The summed E-state index contributed by atoms with van der Waals surface area (Å²) in [5, 5.41) is 8.28. The van der Waals surface area contributed by atoms with Crippen molar-refractivity contribution in [3.05, 3.63) is 59.7 Å². The molecule has 26 heavy (non-hydrogen) atoms. The van der Waals surface area contributed by atoms with Crippen LogP contribution in [-0.2, 0) is 0 Å². The third-order valence-corrected chi connectivity index (χ3v) is 5.11. The lowest BCUT2D eigenvalue weighted by molar-refractivity contribution is 0.0953. The third-order valence-electron chi connectivity index (χ3n) is 3.95. The van der Waals surface area contributed by atoms with Crippen LogP contribution < -0.4 is 16.0 Å². The van der Waals surface area contributed by atoms with Crippen LogP contribution >= 0.6 is 11.8 Å². The zero-order chi connectivity index (χ0) is 18.4. The van der Waals surface area contributed by atoms with E-state index in [0.717, 1.165) is 17.7 Å². The minimum absolute atomic E-state index is 0.216. The highest BCUT2D eigenvalue weighted by Crippen LogP contribution is 2.37. The number of amides is 3. The quantitative estimate of drug-likeness (QED) is 0.702. The molecule has 0 spiro atoms. The van der Waals surface area contributed by atoms with E-state index in [-0.39, 0.29) is 30.3 Å². The maximum absolute atomic E-state index is 13.9. The molecular weight excluding hydrogens is 355 g/mol. The number of nitrogens with one attached hydrogen (secondary N) is 3. The Kier molecular flexibility index (Phi) is 6.06. The van der Waals surface area contributed by atoms with E-state index in [0.29, 0.717) is 17.0 Å². The first kappa shape index (κ1) is 18.2. The number of halogens is 1. The minimum Gasteiger partial charge on any atom is -0.350 e. The van der Waals surface area contributed by atoms with E-state index >= 15 is 0 Å². The maximum atomic E-state index is 13.9. The molecule has 0 fully saturated rings. The molecule has 0 bridgehead atoms. The third kappa shape index (κ3) is 4.51. The van der Waals surface area contributed by atoms with Gasteiger partial charge in [0.2, 0.25) is 0 Å². The van der Waals surface area contributed by atoms with E-state index in [1.807, 2.05) is 6.07 Å². The van der Waals surface area contributed by atoms with E-state index in [4.69, 9.17) is 0 Å². The molecule has 0 saturated carbocycles. The van der Waals surface area contributed by atoms with Crippen molar-refractivity contribution in [1.82, 2.24) is 20.9 Å². The molecule has 1 unspecified atom stereocenters.